The van der Waals surface area contributed by atoms with Crippen LogP contribution in [0.4, 0.5) is 0 Å². The summed E-state index contributed by atoms with van der Waals surface area (Å²) >= 11 is 6.57. The Balaban J connectivity index is 1.88. The summed E-state index contributed by atoms with van der Waals surface area (Å²) in [5.74, 6) is 0.0847. The van der Waals surface area contributed by atoms with Crippen molar-refractivity contribution in [3.63, 3.8) is 0 Å². The topological polar surface area (TPSA) is 48.1 Å². The molecule has 0 aliphatic heterocycles. The summed E-state index contributed by atoms with van der Waals surface area (Å²) in [5.41, 5.74) is 1.19. The first kappa shape index (κ1) is 14.7. The van der Waals surface area contributed by atoms with E-state index in [4.69, 9.17) is 12.2 Å². The van der Waals surface area contributed by atoms with E-state index in [1.54, 1.807) is 0 Å². The van der Waals surface area contributed by atoms with Crippen molar-refractivity contribution in [3.8, 4) is 0 Å². The predicted octanol–water partition coefficient (Wildman–Crippen LogP) is 2.26. The Morgan fingerprint density at radius 2 is 2.21 bits per heavy atom. The molecule has 1 fully saturated rings. The van der Waals surface area contributed by atoms with Crippen LogP contribution in [0.25, 0.3) is 0 Å². The second kappa shape index (κ2) is 5.73. The van der Waals surface area contributed by atoms with Gasteiger partial charge in [0.25, 0.3) is 0 Å². The molecule has 1 heterocycles. The number of aryl methyl sites for hydroxylation is 1. The molecule has 0 aromatic carbocycles. The van der Waals surface area contributed by atoms with Gasteiger partial charge in [0.2, 0.25) is 5.91 Å². The lowest BCUT2D eigenvalue weighted by molar-refractivity contribution is -0.121. The van der Waals surface area contributed by atoms with Gasteiger partial charge in [0, 0.05) is 22.7 Å². The minimum atomic E-state index is 0.0847. The summed E-state index contributed by atoms with van der Waals surface area (Å²) in [6.07, 6.45) is 4.02. The molecule has 0 saturated heterocycles. The van der Waals surface area contributed by atoms with Crippen LogP contribution in [-0.2, 0) is 11.2 Å². The molecule has 1 aliphatic rings. The van der Waals surface area contributed by atoms with E-state index in [2.05, 4.69) is 29.3 Å². The third-order valence-electron chi connectivity index (χ3n) is 4.09. The second-order valence-corrected chi connectivity index (χ2v) is 7.26. The normalized spacial score (nSPS) is 17.3. The number of H-pyrrole nitrogens is 1. The Morgan fingerprint density at radius 3 is 2.63 bits per heavy atom. The molecule has 0 spiro atoms. The molecule has 1 aliphatic carbocycles. The molecule has 19 heavy (non-hydrogen) atoms. The highest BCUT2D eigenvalue weighted by molar-refractivity contribution is 7.73. The monoisotopic (exact) mass is 299 g/mol. The number of hydrogen-bond acceptors (Lipinski definition) is 4. The Kier molecular flexibility index (Phi) is 4.43. The van der Waals surface area contributed by atoms with Crippen LogP contribution in [0.2, 0.25) is 0 Å². The third kappa shape index (κ3) is 3.24. The van der Waals surface area contributed by atoms with Crippen molar-refractivity contribution < 1.29 is 4.79 Å². The summed E-state index contributed by atoms with van der Waals surface area (Å²) in [5, 5.41) is 3.07. The Labute approximate surface area is 123 Å². The maximum absolute atomic E-state index is 12.0. The largest absolute Gasteiger partial charge is 0.354 e. The number of nitrogens with zero attached hydrogens (tertiary/aromatic N) is 1. The Morgan fingerprint density at radius 1 is 1.53 bits per heavy atom. The van der Waals surface area contributed by atoms with Crippen LogP contribution < -0.4 is 5.32 Å². The number of likely N-dealkylation sites (N-methyl/N-ethyl adjacent to an activating group) is 1. The van der Waals surface area contributed by atoms with Crippen LogP contribution in [0.1, 0.15) is 29.8 Å². The lowest BCUT2D eigenvalue weighted by atomic mass is 9.75. The number of carbonyl (C=O) groups excluding carboxylic acids is 1. The molecule has 2 N–H and O–H groups in total. The van der Waals surface area contributed by atoms with Crippen LogP contribution in [0, 0.1) is 10.9 Å². The minimum Gasteiger partial charge on any atom is -0.354 e. The smallest absolute Gasteiger partial charge is 0.225 e. The summed E-state index contributed by atoms with van der Waals surface area (Å²) in [4.78, 5) is 18.4. The zero-order valence-electron chi connectivity index (χ0n) is 11.7. The molecule has 1 saturated carbocycles. The number of aromatic nitrogens is 1. The van der Waals surface area contributed by atoms with Gasteiger partial charge in [-0.2, -0.15) is 0 Å². The van der Waals surface area contributed by atoms with Crippen LogP contribution >= 0.6 is 23.6 Å². The third-order valence-corrected chi connectivity index (χ3v) is 5.43. The van der Waals surface area contributed by atoms with Crippen LogP contribution in [0.3, 0.4) is 0 Å². The molecule has 1 aromatic rings. The van der Waals surface area contributed by atoms with Crippen molar-refractivity contribution in [2.45, 2.75) is 38.1 Å². The van der Waals surface area contributed by atoms with E-state index in [9.17, 15) is 4.79 Å². The van der Waals surface area contributed by atoms with Crippen molar-refractivity contribution >= 4 is 29.5 Å². The van der Waals surface area contributed by atoms with Crippen LogP contribution in [0.15, 0.2) is 0 Å². The number of rotatable bonds is 5. The fourth-order valence-corrected chi connectivity index (χ4v) is 3.73. The van der Waals surface area contributed by atoms with Gasteiger partial charge in [-0.25, -0.2) is 0 Å². The van der Waals surface area contributed by atoms with E-state index in [0.717, 1.165) is 21.1 Å². The van der Waals surface area contributed by atoms with E-state index < -0.39 is 0 Å². The highest BCUT2D eigenvalue weighted by Gasteiger charge is 2.39. The van der Waals surface area contributed by atoms with Crippen molar-refractivity contribution in [1.29, 1.82) is 0 Å². The first-order valence-electron chi connectivity index (χ1n) is 6.56. The molecule has 6 heteroatoms. The second-order valence-electron chi connectivity index (χ2n) is 5.49. The molecule has 0 radical (unpaired) electrons. The SMILES string of the molecule is Cc1[nH]c(=S)sc1CC(=O)NCC1(N(C)C)CCC1. The predicted molar refractivity (Wildman–Crippen MR) is 81.2 cm³/mol. The lowest BCUT2D eigenvalue weighted by Crippen LogP contribution is -2.57. The Hall–Kier alpha value is -0.720. The van der Waals surface area contributed by atoms with Crippen molar-refractivity contribution in [2.75, 3.05) is 20.6 Å². The van der Waals surface area contributed by atoms with Gasteiger partial charge in [-0.05, 0) is 52.5 Å². The number of aromatic amines is 1. The minimum absolute atomic E-state index is 0.0847. The van der Waals surface area contributed by atoms with E-state index in [-0.39, 0.29) is 11.4 Å². The molecular formula is C13H21N3OS2. The molecule has 4 nitrogen and oxygen atoms in total. The van der Waals surface area contributed by atoms with Gasteiger partial charge < -0.3 is 15.2 Å². The van der Waals surface area contributed by atoms with E-state index >= 15 is 0 Å². The molecule has 1 amide bonds. The zero-order chi connectivity index (χ0) is 14.0. The maximum Gasteiger partial charge on any atom is 0.225 e. The number of thiazole rings is 1. The summed E-state index contributed by atoms with van der Waals surface area (Å²) in [7, 11) is 4.18. The summed E-state index contributed by atoms with van der Waals surface area (Å²) < 4.78 is 0.740. The molecular weight excluding hydrogens is 278 g/mol. The quantitative estimate of drug-likeness (QED) is 0.820. The number of carbonyl (C=O) groups is 1. The van der Waals surface area contributed by atoms with Crippen LogP contribution in [0.5, 0.6) is 0 Å². The van der Waals surface area contributed by atoms with Crippen LogP contribution in [-0.4, -0.2) is 42.0 Å². The molecule has 0 bridgehead atoms. The average Bonchev–Trinajstić information content (AvgIpc) is 2.55. The highest BCUT2D eigenvalue weighted by Crippen LogP contribution is 2.35. The van der Waals surface area contributed by atoms with E-state index in [0.29, 0.717) is 6.42 Å². The van der Waals surface area contributed by atoms with Gasteiger partial charge in [0.15, 0.2) is 3.95 Å². The van der Waals surface area contributed by atoms with Gasteiger partial charge in [0.05, 0.1) is 6.42 Å². The number of hydrogen-bond donors (Lipinski definition) is 2. The number of amides is 1. The van der Waals surface area contributed by atoms with Gasteiger partial charge in [-0.1, -0.05) is 0 Å². The zero-order valence-corrected chi connectivity index (χ0v) is 13.3. The average molecular weight is 299 g/mol. The molecule has 2 rings (SSSR count). The van der Waals surface area contributed by atoms with Crippen molar-refractivity contribution in [2.24, 2.45) is 0 Å². The van der Waals surface area contributed by atoms with Crippen molar-refractivity contribution in [3.05, 3.63) is 14.5 Å². The summed E-state index contributed by atoms with van der Waals surface area (Å²) in [6.45, 7) is 2.70. The number of nitrogens with one attached hydrogen (secondary N) is 2. The van der Waals surface area contributed by atoms with Gasteiger partial charge in [0.1, 0.15) is 0 Å². The molecule has 0 unspecified atom stereocenters. The molecule has 0 atom stereocenters. The lowest BCUT2D eigenvalue weighted by Gasteiger charge is -2.47. The van der Waals surface area contributed by atoms with Crippen molar-refractivity contribution in [1.82, 2.24) is 15.2 Å². The maximum atomic E-state index is 12.0. The molecule has 1 aromatic heterocycles. The van der Waals surface area contributed by atoms with Gasteiger partial charge in [-0.3, -0.25) is 4.79 Å². The summed E-state index contributed by atoms with van der Waals surface area (Å²) in [6, 6.07) is 0. The fraction of sp³-hybridized carbons (Fsp3) is 0.692. The van der Waals surface area contributed by atoms with E-state index in [1.807, 2.05) is 6.92 Å². The van der Waals surface area contributed by atoms with Gasteiger partial charge in [-0.15, -0.1) is 11.3 Å². The standard InChI is InChI=1S/C13H21N3OS2/c1-9-10(19-12(18)15-9)7-11(17)14-8-13(16(2)3)5-4-6-13/h4-8H2,1-3H3,(H,14,17)(H,15,18). The first-order valence-corrected chi connectivity index (χ1v) is 7.78. The molecule has 106 valence electrons. The fourth-order valence-electron chi connectivity index (χ4n) is 2.44. The highest BCUT2D eigenvalue weighted by atomic mass is 32.1. The first-order chi connectivity index (χ1) is 8.93. The van der Waals surface area contributed by atoms with Gasteiger partial charge >= 0.3 is 0 Å². The van der Waals surface area contributed by atoms with E-state index in [1.165, 1.54) is 30.6 Å². The Bertz CT molecular complexity index is 514.